The molecular weight excluding hydrogens is 336 g/mol. The summed E-state index contributed by atoms with van der Waals surface area (Å²) >= 11 is 0. The number of aryl methyl sites for hydroxylation is 1. The Morgan fingerprint density at radius 2 is 1.92 bits per heavy atom. The summed E-state index contributed by atoms with van der Waals surface area (Å²) < 4.78 is 4.96. The molecule has 0 atom stereocenters. The van der Waals surface area contributed by atoms with E-state index in [-0.39, 0.29) is 23.9 Å². The number of anilines is 1. The second-order valence-corrected chi connectivity index (χ2v) is 5.60. The first kappa shape index (κ1) is 18.9. The third-order valence-corrected chi connectivity index (χ3v) is 3.65. The zero-order chi connectivity index (χ0) is 19.1. The molecule has 0 saturated heterocycles. The zero-order valence-corrected chi connectivity index (χ0v) is 14.8. The van der Waals surface area contributed by atoms with Crippen molar-refractivity contribution in [2.45, 2.75) is 13.8 Å². The molecule has 2 aromatic carbocycles. The van der Waals surface area contributed by atoms with Gasteiger partial charge in [0.1, 0.15) is 0 Å². The van der Waals surface area contributed by atoms with Gasteiger partial charge in [-0.25, -0.2) is 5.43 Å². The summed E-state index contributed by atoms with van der Waals surface area (Å²) in [5.74, 6) is -0.161. The van der Waals surface area contributed by atoms with Crippen molar-refractivity contribution in [1.29, 1.82) is 0 Å². The normalized spacial score (nSPS) is 11.0. The van der Waals surface area contributed by atoms with Crippen molar-refractivity contribution >= 4 is 23.0 Å². The number of hydrogen-bond acceptors (Lipinski definition) is 6. The quantitative estimate of drug-likeness (QED) is 0.451. The standard InChI is InChI=1S/C18H20N4O4/c1-12-4-7-15(8-5-12)19-11-18(23)21-20-13(2)14-6-9-17(26-3)16(10-14)22(24)25/h4-10,19H,11H2,1-3H3,(H,21,23). The molecule has 0 radical (unpaired) electrons. The van der Waals surface area contributed by atoms with Crippen molar-refractivity contribution in [3.63, 3.8) is 0 Å². The number of ether oxygens (including phenoxy) is 1. The van der Waals surface area contributed by atoms with Gasteiger partial charge in [0.15, 0.2) is 5.75 Å². The van der Waals surface area contributed by atoms with Crippen LogP contribution in [0.1, 0.15) is 18.1 Å². The Morgan fingerprint density at radius 1 is 1.23 bits per heavy atom. The number of nitrogens with one attached hydrogen (secondary N) is 2. The summed E-state index contributed by atoms with van der Waals surface area (Å²) in [5.41, 5.74) is 5.19. The molecule has 8 heteroatoms. The van der Waals surface area contributed by atoms with E-state index >= 15 is 0 Å². The van der Waals surface area contributed by atoms with Gasteiger partial charge in [-0.1, -0.05) is 17.7 Å². The van der Waals surface area contributed by atoms with Crippen molar-refractivity contribution < 1.29 is 14.5 Å². The van der Waals surface area contributed by atoms with Gasteiger partial charge in [-0.3, -0.25) is 14.9 Å². The molecule has 8 nitrogen and oxygen atoms in total. The average molecular weight is 356 g/mol. The molecule has 1 amide bonds. The number of rotatable bonds is 7. The van der Waals surface area contributed by atoms with Crippen molar-refractivity contribution in [3.05, 3.63) is 63.7 Å². The molecule has 0 saturated carbocycles. The van der Waals surface area contributed by atoms with E-state index in [1.54, 1.807) is 13.0 Å². The maximum atomic E-state index is 11.9. The number of hydrazone groups is 1. The highest BCUT2D eigenvalue weighted by molar-refractivity contribution is 6.00. The Labute approximate surface area is 151 Å². The number of hydrogen-bond donors (Lipinski definition) is 2. The van der Waals surface area contributed by atoms with E-state index in [4.69, 9.17) is 4.74 Å². The monoisotopic (exact) mass is 356 g/mol. The highest BCUT2D eigenvalue weighted by Gasteiger charge is 2.16. The van der Waals surface area contributed by atoms with Gasteiger partial charge >= 0.3 is 5.69 Å². The fourth-order valence-corrected chi connectivity index (χ4v) is 2.16. The zero-order valence-electron chi connectivity index (χ0n) is 14.8. The number of methoxy groups -OCH3 is 1. The van der Waals surface area contributed by atoms with E-state index in [0.717, 1.165) is 11.3 Å². The molecule has 136 valence electrons. The van der Waals surface area contributed by atoms with Gasteiger partial charge < -0.3 is 10.1 Å². The van der Waals surface area contributed by atoms with E-state index in [9.17, 15) is 14.9 Å². The summed E-state index contributed by atoms with van der Waals surface area (Å²) in [6.45, 7) is 3.69. The largest absolute Gasteiger partial charge is 0.490 e. The Kier molecular flexibility index (Phi) is 6.26. The molecule has 2 rings (SSSR count). The fraction of sp³-hybridized carbons (Fsp3) is 0.222. The SMILES string of the molecule is COc1ccc(C(C)=NNC(=O)CNc2ccc(C)cc2)cc1[N+](=O)[O-]. The minimum atomic E-state index is -0.528. The molecule has 0 bridgehead atoms. The number of amides is 1. The Morgan fingerprint density at radius 3 is 2.54 bits per heavy atom. The maximum absolute atomic E-state index is 11.9. The van der Waals surface area contributed by atoms with Crippen LogP contribution in [0.3, 0.4) is 0 Å². The van der Waals surface area contributed by atoms with Crippen LogP contribution in [0.2, 0.25) is 0 Å². The first-order valence-corrected chi connectivity index (χ1v) is 7.87. The molecule has 0 heterocycles. The van der Waals surface area contributed by atoms with E-state index in [0.29, 0.717) is 11.3 Å². The van der Waals surface area contributed by atoms with Gasteiger partial charge in [-0.05, 0) is 38.1 Å². The third kappa shape index (κ3) is 5.04. The van der Waals surface area contributed by atoms with E-state index < -0.39 is 4.92 Å². The van der Waals surface area contributed by atoms with Crippen LogP contribution in [0.25, 0.3) is 0 Å². The molecule has 0 aliphatic carbocycles. The summed E-state index contributed by atoms with van der Waals surface area (Å²) in [6, 6.07) is 12.1. The van der Waals surface area contributed by atoms with E-state index in [1.807, 2.05) is 31.2 Å². The minimum absolute atomic E-state index is 0.0581. The van der Waals surface area contributed by atoms with Gasteiger partial charge in [-0.2, -0.15) is 5.10 Å². The predicted octanol–water partition coefficient (Wildman–Crippen LogP) is 2.86. The van der Waals surface area contributed by atoms with Crippen molar-refractivity contribution in [3.8, 4) is 5.75 Å². The highest BCUT2D eigenvalue weighted by Crippen LogP contribution is 2.27. The lowest BCUT2D eigenvalue weighted by Gasteiger charge is -2.07. The summed E-state index contributed by atoms with van der Waals surface area (Å²) in [5, 5.41) is 18.0. The van der Waals surface area contributed by atoms with E-state index in [2.05, 4.69) is 15.8 Å². The van der Waals surface area contributed by atoms with Crippen LogP contribution in [0.4, 0.5) is 11.4 Å². The average Bonchev–Trinajstić information content (AvgIpc) is 2.65. The first-order valence-electron chi connectivity index (χ1n) is 7.87. The van der Waals surface area contributed by atoms with Crippen molar-refractivity contribution in [2.75, 3.05) is 19.0 Å². The molecule has 0 fully saturated rings. The number of benzene rings is 2. The lowest BCUT2D eigenvalue weighted by molar-refractivity contribution is -0.385. The number of carbonyl (C=O) groups is 1. The Bertz CT molecular complexity index is 832. The highest BCUT2D eigenvalue weighted by atomic mass is 16.6. The number of nitro benzene ring substituents is 1. The predicted molar refractivity (Wildman–Crippen MR) is 99.7 cm³/mol. The van der Waals surface area contributed by atoms with Gasteiger partial charge in [0.25, 0.3) is 5.91 Å². The lowest BCUT2D eigenvalue weighted by atomic mass is 10.1. The van der Waals surface area contributed by atoms with Crippen LogP contribution < -0.4 is 15.5 Å². The molecule has 0 spiro atoms. The molecular formula is C18H20N4O4. The number of nitrogens with zero attached hydrogens (tertiary/aromatic N) is 2. The smallest absolute Gasteiger partial charge is 0.311 e. The van der Waals surface area contributed by atoms with Crippen LogP contribution in [0.15, 0.2) is 47.6 Å². The fourth-order valence-electron chi connectivity index (χ4n) is 2.16. The maximum Gasteiger partial charge on any atom is 0.311 e. The van der Waals surface area contributed by atoms with Gasteiger partial charge in [-0.15, -0.1) is 0 Å². The topological polar surface area (TPSA) is 106 Å². The van der Waals surface area contributed by atoms with Gasteiger partial charge in [0, 0.05) is 17.3 Å². The third-order valence-electron chi connectivity index (χ3n) is 3.65. The molecule has 2 N–H and O–H groups in total. The van der Waals surface area contributed by atoms with Gasteiger partial charge in [0.2, 0.25) is 0 Å². The molecule has 0 aromatic heterocycles. The minimum Gasteiger partial charge on any atom is -0.490 e. The second kappa shape index (κ2) is 8.61. The van der Waals surface area contributed by atoms with Crippen LogP contribution >= 0.6 is 0 Å². The second-order valence-electron chi connectivity index (χ2n) is 5.60. The van der Waals surface area contributed by atoms with Crippen molar-refractivity contribution in [2.24, 2.45) is 5.10 Å². The lowest BCUT2D eigenvalue weighted by Crippen LogP contribution is -2.26. The molecule has 0 aliphatic rings. The molecule has 2 aromatic rings. The summed E-state index contributed by atoms with van der Waals surface area (Å²) in [4.78, 5) is 22.4. The number of nitro groups is 1. The van der Waals surface area contributed by atoms with Crippen LogP contribution in [-0.2, 0) is 4.79 Å². The van der Waals surface area contributed by atoms with Crippen molar-refractivity contribution in [1.82, 2.24) is 5.43 Å². The Balaban J connectivity index is 1.98. The van der Waals surface area contributed by atoms with Crippen LogP contribution in [0, 0.1) is 17.0 Å². The van der Waals surface area contributed by atoms with Crippen LogP contribution in [-0.4, -0.2) is 30.2 Å². The van der Waals surface area contributed by atoms with Crippen LogP contribution in [0.5, 0.6) is 5.75 Å². The molecule has 26 heavy (non-hydrogen) atoms. The Hall–Kier alpha value is -3.42. The number of carbonyl (C=O) groups excluding carboxylic acids is 1. The molecule has 0 unspecified atom stereocenters. The summed E-state index contributed by atoms with van der Waals surface area (Å²) in [7, 11) is 1.37. The first-order chi connectivity index (χ1) is 12.4. The molecule has 0 aliphatic heterocycles. The van der Waals surface area contributed by atoms with E-state index in [1.165, 1.54) is 19.2 Å². The van der Waals surface area contributed by atoms with Gasteiger partial charge in [0.05, 0.1) is 24.3 Å². The summed E-state index contributed by atoms with van der Waals surface area (Å²) in [6.07, 6.45) is 0.